The fourth-order valence-electron chi connectivity index (χ4n) is 2.10. The Labute approximate surface area is 96.0 Å². The highest BCUT2D eigenvalue weighted by Crippen LogP contribution is 2.38. The minimum absolute atomic E-state index is 0.0122. The first-order valence-electron chi connectivity index (χ1n) is 5.79. The Bertz CT molecular complexity index is 325. The molecule has 1 saturated heterocycles. The molecule has 1 heterocycles. The number of hydrogen-bond acceptors (Lipinski definition) is 3. The lowest BCUT2D eigenvalue weighted by molar-refractivity contribution is -0.185. The van der Waals surface area contributed by atoms with Crippen molar-refractivity contribution in [2.45, 2.75) is 31.7 Å². The van der Waals surface area contributed by atoms with Crippen molar-refractivity contribution < 1.29 is 14.6 Å². The zero-order valence-electron chi connectivity index (χ0n) is 9.56. The molecule has 0 aliphatic carbocycles. The fraction of sp³-hybridized carbons (Fsp3) is 0.538. The standard InChI is InChI=1S/C13H18O3/c1-2-8-13(11-6-4-3-5-7-11)15-10-12(9-14)16-13/h3-7,12,14H,2,8-10H2,1H3/t12-,13-/m1/s1. The molecule has 0 radical (unpaired) electrons. The highest BCUT2D eigenvalue weighted by atomic mass is 16.7. The average molecular weight is 222 g/mol. The summed E-state index contributed by atoms with van der Waals surface area (Å²) in [5.74, 6) is -0.649. The van der Waals surface area contributed by atoms with Gasteiger partial charge in [0.15, 0.2) is 5.79 Å². The monoisotopic (exact) mass is 222 g/mol. The summed E-state index contributed by atoms with van der Waals surface area (Å²) in [6.07, 6.45) is 1.59. The third kappa shape index (κ3) is 2.12. The SMILES string of the molecule is CCC[C@@]1(c2ccccc2)OC[C@@H](CO)O1. The molecule has 3 nitrogen and oxygen atoms in total. The van der Waals surface area contributed by atoms with Crippen LogP contribution in [0.3, 0.4) is 0 Å². The molecular formula is C13H18O3. The zero-order valence-corrected chi connectivity index (χ0v) is 9.56. The Morgan fingerprint density at radius 2 is 2.12 bits per heavy atom. The highest BCUT2D eigenvalue weighted by molar-refractivity contribution is 5.21. The van der Waals surface area contributed by atoms with E-state index in [-0.39, 0.29) is 12.7 Å². The smallest absolute Gasteiger partial charge is 0.195 e. The largest absolute Gasteiger partial charge is 0.394 e. The van der Waals surface area contributed by atoms with Gasteiger partial charge in [0.05, 0.1) is 13.2 Å². The van der Waals surface area contributed by atoms with Gasteiger partial charge in [0, 0.05) is 12.0 Å². The van der Waals surface area contributed by atoms with Gasteiger partial charge in [-0.25, -0.2) is 0 Å². The van der Waals surface area contributed by atoms with Crippen molar-refractivity contribution in [1.29, 1.82) is 0 Å². The van der Waals surface area contributed by atoms with Crippen LogP contribution in [-0.4, -0.2) is 24.4 Å². The zero-order chi connectivity index (χ0) is 11.4. The molecule has 0 saturated carbocycles. The van der Waals surface area contributed by atoms with E-state index in [9.17, 15) is 0 Å². The number of rotatable bonds is 4. The molecule has 2 rings (SSSR count). The van der Waals surface area contributed by atoms with E-state index < -0.39 is 5.79 Å². The minimum Gasteiger partial charge on any atom is -0.394 e. The van der Waals surface area contributed by atoms with Crippen molar-refractivity contribution in [3.63, 3.8) is 0 Å². The van der Waals surface area contributed by atoms with E-state index in [1.165, 1.54) is 0 Å². The van der Waals surface area contributed by atoms with Gasteiger partial charge >= 0.3 is 0 Å². The summed E-state index contributed by atoms with van der Waals surface area (Å²) in [5, 5.41) is 9.11. The Hall–Kier alpha value is -0.900. The van der Waals surface area contributed by atoms with Crippen molar-refractivity contribution in [2.24, 2.45) is 0 Å². The third-order valence-corrected chi connectivity index (χ3v) is 2.86. The van der Waals surface area contributed by atoms with E-state index in [2.05, 4.69) is 6.92 Å². The average Bonchev–Trinajstić information content (AvgIpc) is 2.76. The summed E-state index contributed by atoms with van der Waals surface area (Å²) >= 11 is 0. The molecular weight excluding hydrogens is 204 g/mol. The lowest BCUT2D eigenvalue weighted by atomic mass is 10.0. The first kappa shape index (κ1) is 11.6. The van der Waals surface area contributed by atoms with Gasteiger partial charge in [-0.1, -0.05) is 43.7 Å². The second kappa shape index (κ2) is 4.95. The van der Waals surface area contributed by atoms with E-state index in [0.717, 1.165) is 18.4 Å². The Morgan fingerprint density at radius 1 is 1.38 bits per heavy atom. The Morgan fingerprint density at radius 3 is 2.69 bits per heavy atom. The lowest BCUT2D eigenvalue weighted by Crippen LogP contribution is -2.28. The molecule has 0 spiro atoms. The summed E-state index contributed by atoms with van der Waals surface area (Å²) in [4.78, 5) is 0. The summed E-state index contributed by atoms with van der Waals surface area (Å²) in [6.45, 7) is 2.58. The second-order valence-corrected chi connectivity index (χ2v) is 4.10. The predicted molar refractivity (Wildman–Crippen MR) is 60.9 cm³/mol. The van der Waals surface area contributed by atoms with Crippen LogP contribution in [0.5, 0.6) is 0 Å². The molecule has 1 N–H and O–H groups in total. The molecule has 0 amide bonds. The maximum atomic E-state index is 9.11. The van der Waals surface area contributed by atoms with Gasteiger partial charge in [0.2, 0.25) is 0 Å². The van der Waals surface area contributed by atoms with Crippen molar-refractivity contribution in [3.8, 4) is 0 Å². The van der Waals surface area contributed by atoms with Gasteiger partial charge < -0.3 is 14.6 Å². The molecule has 1 aliphatic heterocycles. The maximum absolute atomic E-state index is 9.11. The Kier molecular flexibility index (Phi) is 3.59. The number of benzene rings is 1. The normalized spacial score (nSPS) is 29.5. The number of aliphatic hydroxyl groups is 1. The summed E-state index contributed by atoms with van der Waals surface area (Å²) in [7, 11) is 0. The summed E-state index contributed by atoms with van der Waals surface area (Å²) in [5.41, 5.74) is 1.04. The fourth-order valence-corrected chi connectivity index (χ4v) is 2.10. The number of hydrogen-bond donors (Lipinski definition) is 1. The second-order valence-electron chi connectivity index (χ2n) is 4.10. The topological polar surface area (TPSA) is 38.7 Å². The predicted octanol–water partition coefficient (Wildman–Crippen LogP) is 2.05. The van der Waals surface area contributed by atoms with Crippen molar-refractivity contribution >= 4 is 0 Å². The van der Waals surface area contributed by atoms with Crippen molar-refractivity contribution in [3.05, 3.63) is 35.9 Å². The van der Waals surface area contributed by atoms with Gasteiger partial charge in [-0.05, 0) is 0 Å². The summed E-state index contributed by atoms with van der Waals surface area (Å²) < 4.78 is 11.6. The minimum atomic E-state index is -0.649. The van der Waals surface area contributed by atoms with Crippen LogP contribution in [0, 0.1) is 0 Å². The quantitative estimate of drug-likeness (QED) is 0.847. The first-order chi connectivity index (χ1) is 7.80. The Balaban J connectivity index is 2.23. The van der Waals surface area contributed by atoms with E-state index in [1.807, 2.05) is 30.3 Å². The van der Waals surface area contributed by atoms with Crippen LogP contribution in [0.2, 0.25) is 0 Å². The number of aliphatic hydroxyl groups excluding tert-OH is 1. The van der Waals surface area contributed by atoms with Gasteiger partial charge in [0.25, 0.3) is 0 Å². The van der Waals surface area contributed by atoms with Gasteiger partial charge in [-0.3, -0.25) is 0 Å². The van der Waals surface area contributed by atoms with Crippen LogP contribution < -0.4 is 0 Å². The molecule has 1 aromatic carbocycles. The summed E-state index contributed by atoms with van der Waals surface area (Å²) in [6, 6.07) is 9.95. The van der Waals surface area contributed by atoms with Crippen LogP contribution >= 0.6 is 0 Å². The highest BCUT2D eigenvalue weighted by Gasteiger charge is 2.41. The first-order valence-corrected chi connectivity index (χ1v) is 5.79. The molecule has 3 heteroatoms. The van der Waals surface area contributed by atoms with E-state index in [4.69, 9.17) is 14.6 Å². The van der Waals surface area contributed by atoms with Crippen LogP contribution in [0.4, 0.5) is 0 Å². The molecule has 0 unspecified atom stereocenters. The van der Waals surface area contributed by atoms with Crippen LogP contribution in [0.15, 0.2) is 30.3 Å². The van der Waals surface area contributed by atoms with Crippen LogP contribution in [0.1, 0.15) is 25.3 Å². The van der Waals surface area contributed by atoms with E-state index in [1.54, 1.807) is 0 Å². The van der Waals surface area contributed by atoms with Gasteiger partial charge in [-0.2, -0.15) is 0 Å². The molecule has 88 valence electrons. The van der Waals surface area contributed by atoms with E-state index in [0.29, 0.717) is 6.61 Å². The van der Waals surface area contributed by atoms with Crippen molar-refractivity contribution in [2.75, 3.05) is 13.2 Å². The van der Waals surface area contributed by atoms with Crippen LogP contribution in [0.25, 0.3) is 0 Å². The molecule has 1 aliphatic rings. The third-order valence-electron chi connectivity index (χ3n) is 2.86. The van der Waals surface area contributed by atoms with Crippen LogP contribution in [-0.2, 0) is 15.3 Å². The molecule has 1 aromatic rings. The van der Waals surface area contributed by atoms with Gasteiger partial charge in [0.1, 0.15) is 6.10 Å². The van der Waals surface area contributed by atoms with Gasteiger partial charge in [-0.15, -0.1) is 0 Å². The maximum Gasteiger partial charge on any atom is 0.195 e. The van der Waals surface area contributed by atoms with Crippen molar-refractivity contribution in [1.82, 2.24) is 0 Å². The molecule has 2 atom stereocenters. The lowest BCUT2D eigenvalue weighted by Gasteiger charge is -2.28. The number of ether oxygens (including phenoxy) is 2. The molecule has 1 fully saturated rings. The molecule has 16 heavy (non-hydrogen) atoms. The molecule has 0 bridgehead atoms. The van der Waals surface area contributed by atoms with E-state index >= 15 is 0 Å². The molecule has 0 aromatic heterocycles.